The Morgan fingerprint density at radius 1 is 1.15 bits per heavy atom. The molecule has 0 aromatic heterocycles. The lowest BCUT2D eigenvalue weighted by atomic mass is 10.2. The van der Waals surface area contributed by atoms with Crippen molar-refractivity contribution in [2.24, 2.45) is 0 Å². The van der Waals surface area contributed by atoms with E-state index in [-0.39, 0.29) is 17.9 Å². The SMILES string of the molecule is CCOC(=O)C(CC)Oc1cc(Oc2ccc(Cl)cc2Cl)ccc1C#N. The maximum atomic E-state index is 11.9. The van der Waals surface area contributed by atoms with Crippen molar-refractivity contribution in [2.45, 2.75) is 26.4 Å². The number of benzene rings is 2. The van der Waals surface area contributed by atoms with Crippen LogP contribution in [0.3, 0.4) is 0 Å². The molecule has 0 saturated carbocycles. The van der Waals surface area contributed by atoms with Gasteiger partial charge in [-0.15, -0.1) is 0 Å². The molecule has 0 aliphatic rings. The van der Waals surface area contributed by atoms with E-state index in [0.29, 0.717) is 28.0 Å². The van der Waals surface area contributed by atoms with Crippen molar-refractivity contribution in [1.82, 2.24) is 0 Å². The van der Waals surface area contributed by atoms with Gasteiger partial charge in [0.15, 0.2) is 6.10 Å². The number of carbonyl (C=O) groups is 1. The average Bonchev–Trinajstić information content (AvgIpc) is 2.62. The minimum Gasteiger partial charge on any atom is -0.477 e. The summed E-state index contributed by atoms with van der Waals surface area (Å²) in [7, 11) is 0. The summed E-state index contributed by atoms with van der Waals surface area (Å²) in [6, 6.07) is 11.6. The second-order valence-corrected chi connectivity index (χ2v) is 6.06. The van der Waals surface area contributed by atoms with Crippen LogP contribution in [0.5, 0.6) is 17.2 Å². The molecule has 1 atom stereocenters. The van der Waals surface area contributed by atoms with E-state index in [1.165, 1.54) is 6.07 Å². The predicted molar refractivity (Wildman–Crippen MR) is 99.0 cm³/mol. The molecular weight excluding hydrogens is 377 g/mol. The Balaban J connectivity index is 2.27. The van der Waals surface area contributed by atoms with Crippen molar-refractivity contribution in [3.8, 4) is 23.3 Å². The van der Waals surface area contributed by atoms with Gasteiger partial charge in [-0.25, -0.2) is 4.79 Å². The Morgan fingerprint density at radius 3 is 2.54 bits per heavy atom. The number of nitrogens with zero attached hydrogens (tertiary/aromatic N) is 1. The molecule has 0 radical (unpaired) electrons. The summed E-state index contributed by atoms with van der Waals surface area (Å²) in [6.07, 6.45) is -0.408. The number of hydrogen-bond donors (Lipinski definition) is 0. The zero-order chi connectivity index (χ0) is 19.1. The van der Waals surface area contributed by atoms with E-state index >= 15 is 0 Å². The molecule has 0 amide bonds. The van der Waals surface area contributed by atoms with E-state index in [1.54, 1.807) is 44.2 Å². The largest absolute Gasteiger partial charge is 0.477 e. The quantitative estimate of drug-likeness (QED) is 0.590. The number of carbonyl (C=O) groups excluding carboxylic acids is 1. The molecule has 2 rings (SSSR count). The molecule has 0 N–H and O–H groups in total. The summed E-state index contributed by atoms with van der Waals surface area (Å²) in [5, 5.41) is 10.1. The van der Waals surface area contributed by atoms with Gasteiger partial charge in [0.2, 0.25) is 0 Å². The first kappa shape index (κ1) is 19.9. The van der Waals surface area contributed by atoms with Gasteiger partial charge in [-0.3, -0.25) is 0 Å². The maximum Gasteiger partial charge on any atom is 0.347 e. The van der Waals surface area contributed by atoms with Gasteiger partial charge in [0.05, 0.1) is 17.2 Å². The van der Waals surface area contributed by atoms with Crippen LogP contribution in [0.1, 0.15) is 25.8 Å². The summed E-state index contributed by atoms with van der Waals surface area (Å²) >= 11 is 12.0. The number of hydrogen-bond acceptors (Lipinski definition) is 5. The third kappa shape index (κ3) is 5.04. The standard InChI is InChI=1S/C19H17Cl2NO4/c1-3-16(19(23)24-4-2)26-18-10-14(7-5-12(18)11-22)25-17-8-6-13(20)9-15(17)21/h5-10,16H,3-4H2,1-2H3. The van der Waals surface area contributed by atoms with Crippen LogP contribution in [0.15, 0.2) is 36.4 Å². The van der Waals surface area contributed by atoms with Gasteiger partial charge in [-0.05, 0) is 43.7 Å². The molecular formula is C19H17Cl2NO4. The molecule has 0 saturated heterocycles. The third-order valence-corrected chi connectivity index (χ3v) is 3.92. The van der Waals surface area contributed by atoms with Crippen molar-refractivity contribution >= 4 is 29.2 Å². The van der Waals surface area contributed by atoms with Crippen LogP contribution in [0.25, 0.3) is 0 Å². The number of halogens is 2. The molecule has 0 aliphatic heterocycles. The van der Waals surface area contributed by atoms with Crippen molar-refractivity contribution in [3.05, 3.63) is 52.0 Å². The van der Waals surface area contributed by atoms with Crippen LogP contribution >= 0.6 is 23.2 Å². The van der Waals surface area contributed by atoms with Crippen LogP contribution < -0.4 is 9.47 Å². The molecule has 7 heteroatoms. The first-order chi connectivity index (χ1) is 12.5. The molecule has 0 spiro atoms. The van der Waals surface area contributed by atoms with Gasteiger partial charge in [0, 0.05) is 11.1 Å². The number of nitriles is 1. The molecule has 136 valence electrons. The Bertz CT molecular complexity index is 833. The average molecular weight is 394 g/mol. The van der Waals surface area contributed by atoms with Gasteiger partial charge in [0.25, 0.3) is 0 Å². The molecule has 26 heavy (non-hydrogen) atoms. The summed E-state index contributed by atoms with van der Waals surface area (Å²) in [4.78, 5) is 11.9. The van der Waals surface area contributed by atoms with E-state index in [4.69, 9.17) is 37.4 Å². The van der Waals surface area contributed by atoms with E-state index in [9.17, 15) is 10.1 Å². The second kappa shape index (κ2) is 9.33. The molecule has 0 heterocycles. The van der Waals surface area contributed by atoms with E-state index in [0.717, 1.165) is 0 Å². The lowest BCUT2D eigenvalue weighted by Crippen LogP contribution is -2.29. The van der Waals surface area contributed by atoms with Crippen LogP contribution in [0.2, 0.25) is 10.0 Å². The lowest BCUT2D eigenvalue weighted by molar-refractivity contribution is -0.151. The van der Waals surface area contributed by atoms with Gasteiger partial charge in [0.1, 0.15) is 23.3 Å². The Hall–Kier alpha value is -2.42. The minimum atomic E-state index is -0.809. The first-order valence-corrected chi connectivity index (χ1v) is 8.74. The van der Waals surface area contributed by atoms with E-state index in [1.807, 2.05) is 6.07 Å². The molecule has 0 fully saturated rings. The van der Waals surface area contributed by atoms with Crippen LogP contribution in [0.4, 0.5) is 0 Å². The highest BCUT2D eigenvalue weighted by Crippen LogP contribution is 2.34. The Kier molecular flexibility index (Phi) is 7.14. The number of rotatable bonds is 7. The van der Waals surface area contributed by atoms with Crippen LogP contribution in [-0.2, 0) is 9.53 Å². The zero-order valence-electron chi connectivity index (χ0n) is 14.3. The topological polar surface area (TPSA) is 68.6 Å². The summed E-state index contributed by atoms with van der Waals surface area (Å²) < 4.78 is 16.4. The molecule has 0 aliphatic carbocycles. The summed E-state index contributed by atoms with van der Waals surface area (Å²) in [6.45, 7) is 3.76. The van der Waals surface area contributed by atoms with Crippen molar-refractivity contribution in [2.75, 3.05) is 6.61 Å². The molecule has 0 bridgehead atoms. The maximum absolute atomic E-state index is 11.9. The van der Waals surface area contributed by atoms with Crippen molar-refractivity contribution < 1.29 is 19.0 Å². The van der Waals surface area contributed by atoms with E-state index in [2.05, 4.69) is 0 Å². The Labute approximate surface area is 162 Å². The van der Waals surface area contributed by atoms with Gasteiger partial charge < -0.3 is 14.2 Å². The van der Waals surface area contributed by atoms with E-state index < -0.39 is 12.1 Å². The van der Waals surface area contributed by atoms with Gasteiger partial charge in [-0.1, -0.05) is 30.1 Å². The third-order valence-electron chi connectivity index (χ3n) is 3.38. The zero-order valence-corrected chi connectivity index (χ0v) is 15.8. The van der Waals surface area contributed by atoms with Crippen molar-refractivity contribution in [1.29, 1.82) is 5.26 Å². The number of ether oxygens (including phenoxy) is 3. The minimum absolute atomic E-state index is 0.231. The fourth-order valence-electron chi connectivity index (χ4n) is 2.13. The van der Waals surface area contributed by atoms with Gasteiger partial charge in [-0.2, -0.15) is 5.26 Å². The van der Waals surface area contributed by atoms with Crippen LogP contribution in [0, 0.1) is 11.3 Å². The summed E-state index contributed by atoms with van der Waals surface area (Å²) in [5.74, 6) is 0.562. The molecule has 1 unspecified atom stereocenters. The highest BCUT2D eigenvalue weighted by atomic mass is 35.5. The molecule has 2 aromatic carbocycles. The van der Waals surface area contributed by atoms with Gasteiger partial charge >= 0.3 is 5.97 Å². The fourth-order valence-corrected chi connectivity index (χ4v) is 2.57. The lowest BCUT2D eigenvalue weighted by Gasteiger charge is -2.17. The second-order valence-electron chi connectivity index (χ2n) is 5.21. The molecule has 2 aromatic rings. The monoisotopic (exact) mass is 393 g/mol. The number of esters is 1. The highest BCUT2D eigenvalue weighted by Gasteiger charge is 2.21. The Morgan fingerprint density at radius 2 is 1.92 bits per heavy atom. The fraction of sp³-hybridized carbons (Fsp3) is 0.263. The predicted octanol–water partition coefficient (Wildman–Crippen LogP) is 5.38. The normalized spacial score (nSPS) is 11.3. The summed E-state index contributed by atoms with van der Waals surface area (Å²) in [5.41, 5.74) is 0.280. The smallest absolute Gasteiger partial charge is 0.347 e. The molecule has 5 nitrogen and oxygen atoms in total. The van der Waals surface area contributed by atoms with Crippen LogP contribution in [-0.4, -0.2) is 18.7 Å². The highest BCUT2D eigenvalue weighted by molar-refractivity contribution is 6.35. The van der Waals surface area contributed by atoms with Crippen molar-refractivity contribution in [3.63, 3.8) is 0 Å². The first-order valence-electron chi connectivity index (χ1n) is 7.98.